The van der Waals surface area contributed by atoms with E-state index in [0.29, 0.717) is 11.4 Å². The SMILES string of the molecule is N#C[C@@H](C(=O)NCc1ccccc1)C(=O)c1cccc(-c2ncn[nH]2)c1. The fraction of sp³-hybridized carbons (Fsp3) is 0.105. The van der Waals surface area contributed by atoms with Crippen molar-refractivity contribution in [1.29, 1.82) is 5.26 Å². The highest BCUT2D eigenvalue weighted by Crippen LogP contribution is 2.18. The van der Waals surface area contributed by atoms with Gasteiger partial charge in [0.05, 0.1) is 6.07 Å². The zero-order chi connectivity index (χ0) is 18.4. The van der Waals surface area contributed by atoms with Crippen molar-refractivity contribution in [2.24, 2.45) is 5.92 Å². The molecule has 7 nitrogen and oxygen atoms in total. The molecule has 3 rings (SSSR count). The van der Waals surface area contributed by atoms with Crippen LogP contribution in [0.4, 0.5) is 0 Å². The lowest BCUT2D eigenvalue weighted by molar-refractivity contribution is -0.122. The van der Waals surface area contributed by atoms with Gasteiger partial charge >= 0.3 is 0 Å². The zero-order valence-electron chi connectivity index (χ0n) is 13.7. The number of Topliss-reactive ketones (excluding diaryl/α,β-unsaturated/α-hetero) is 1. The lowest BCUT2D eigenvalue weighted by atomic mass is 9.96. The summed E-state index contributed by atoms with van der Waals surface area (Å²) in [6.07, 6.45) is 1.36. The van der Waals surface area contributed by atoms with Crippen LogP contribution in [-0.2, 0) is 11.3 Å². The summed E-state index contributed by atoms with van der Waals surface area (Å²) >= 11 is 0. The van der Waals surface area contributed by atoms with Crippen LogP contribution in [0, 0.1) is 17.2 Å². The van der Waals surface area contributed by atoms with E-state index in [1.807, 2.05) is 30.3 Å². The molecule has 1 heterocycles. The van der Waals surface area contributed by atoms with E-state index in [0.717, 1.165) is 5.56 Å². The van der Waals surface area contributed by atoms with Gasteiger partial charge in [-0.3, -0.25) is 14.7 Å². The van der Waals surface area contributed by atoms with Crippen molar-refractivity contribution in [2.75, 3.05) is 0 Å². The van der Waals surface area contributed by atoms with Crippen LogP contribution in [0.15, 0.2) is 60.9 Å². The van der Waals surface area contributed by atoms with Crippen LogP contribution >= 0.6 is 0 Å². The first kappa shape index (κ1) is 17.0. The topological polar surface area (TPSA) is 112 Å². The number of aromatic nitrogens is 3. The van der Waals surface area contributed by atoms with Crippen molar-refractivity contribution in [3.05, 3.63) is 72.1 Å². The number of aromatic amines is 1. The number of rotatable bonds is 6. The van der Waals surface area contributed by atoms with Crippen LogP contribution in [0.3, 0.4) is 0 Å². The molecule has 0 unspecified atom stereocenters. The van der Waals surface area contributed by atoms with Gasteiger partial charge in [0, 0.05) is 17.7 Å². The van der Waals surface area contributed by atoms with E-state index in [1.54, 1.807) is 30.3 Å². The van der Waals surface area contributed by atoms with Crippen LogP contribution in [-0.4, -0.2) is 26.9 Å². The second-order valence-corrected chi connectivity index (χ2v) is 5.54. The minimum absolute atomic E-state index is 0.253. The molecule has 1 aromatic heterocycles. The Labute approximate surface area is 149 Å². The Hall–Kier alpha value is -3.79. The first-order valence-electron chi connectivity index (χ1n) is 7.90. The molecule has 1 atom stereocenters. The molecule has 0 fully saturated rings. The van der Waals surface area contributed by atoms with Gasteiger partial charge in [-0.15, -0.1) is 0 Å². The monoisotopic (exact) mass is 345 g/mol. The number of hydrogen-bond donors (Lipinski definition) is 2. The number of amides is 1. The van der Waals surface area contributed by atoms with Gasteiger partial charge in [0.1, 0.15) is 6.33 Å². The number of nitriles is 1. The average molecular weight is 345 g/mol. The van der Waals surface area contributed by atoms with Gasteiger partial charge in [-0.25, -0.2) is 4.98 Å². The minimum Gasteiger partial charge on any atom is -0.350 e. The number of nitrogens with zero attached hydrogens (tertiary/aromatic N) is 3. The van der Waals surface area contributed by atoms with Crippen molar-refractivity contribution in [3.63, 3.8) is 0 Å². The first-order valence-corrected chi connectivity index (χ1v) is 7.90. The lowest BCUT2D eigenvalue weighted by Crippen LogP contribution is -2.34. The standard InChI is InChI=1S/C19H15N5O2/c20-10-16(19(26)21-11-13-5-2-1-3-6-13)17(25)14-7-4-8-15(9-14)18-22-12-23-24-18/h1-9,12,16H,11H2,(H,21,26)(H,22,23,24)/t16-/m1/s1. The summed E-state index contributed by atoms with van der Waals surface area (Å²) in [5.74, 6) is -2.09. The number of H-pyrrole nitrogens is 1. The highest BCUT2D eigenvalue weighted by atomic mass is 16.2. The van der Waals surface area contributed by atoms with E-state index in [9.17, 15) is 14.9 Å². The molecule has 1 amide bonds. The average Bonchev–Trinajstić information content (AvgIpc) is 3.22. The Morgan fingerprint density at radius 1 is 1.15 bits per heavy atom. The highest BCUT2D eigenvalue weighted by molar-refractivity contribution is 6.12. The third-order valence-electron chi connectivity index (χ3n) is 3.80. The maximum absolute atomic E-state index is 12.6. The van der Waals surface area contributed by atoms with Gasteiger partial charge in [-0.2, -0.15) is 10.4 Å². The van der Waals surface area contributed by atoms with Crippen molar-refractivity contribution >= 4 is 11.7 Å². The Morgan fingerprint density at radius 3 is 2.65 bits per heavy atom. The molecular weight excluding hydrogens is 330 g/mol. The molecule has 7 heteroatoms. The predicted molar refractivity (Wildman–Crippen MR) is 93.5 cm³/mol. The van der Waals surface area contributed by atoms with Crippen LogP contribution < -0.4 is 5.32 Å². The van der Waals surface area contributed by atoms with Gasteiger partial charge < -0.3 is 5.32 Å². The maximum atomic E-state index is 12.6. The van der Waals surface area contributed by atoms with E-state index in [1.165, 1.54) is 6.33 Å². The van der Waals surface area contributed by atoms with Gasteiger partial charge in [0.15, 0.2) is 17.5 Å². The molecule has 0 spiro atoms. The van der Waals surface area contributed by atoms with Crippen LogP contribution in [0.1, 0.15) is 15.9 Å². The number of nitrogens with one attached hydrogen (secondary N) is 2. The highest BCUT2D eigenvalue weighted by Gasteiger charge is 2.27. The van der Waals surface area contributed by atoms with Crippen LogP contribution in [0.25, 0.3) is 11.4 Å². The molecular formula is C19H15N5O2. The zero-order valence-corrected chi connectivity index (χ0v) is 13.7. The summed E-state index contributed by atoms with van der Waals surface area (Å²) < 4.78 is 0. The van der Waals surface area contributed by atoms with Crippen molar-refractivity contribution < 1.29 is 9.59 Å². The summed E-state index contributed by atoms with van der Waals surface area (Å²) in [4.78, 5) is 28.9. The Balaban J connectivity index is 1.73. The number of carbonyl (C=O) groups excluding carboxylic acids is 2. The maximum Gasteiger partial charge on any atom is 0.245 e. The quantitative estimate of drug-likeness (QED) is 0.525. The second kappa shape index (κ2) is 7.85. The fourth-order valence-electron chi connectivity index (χ4n) is 2.45. The third-order valence-corrected chi connectivity index (χ3v) is 3.80. The molecule has 0 radical (unpaired) electrons. The van der Waals surface area contributed by atoms with Crippen LogP contribution in [0.2, 0.25) is 0 Å². The summed E-state index contributed by atoms with van der Waals surface area (Å²) in [6.45, 7) is 0.253. The number of ketones is 1. The number of hydrogen-bond acceptors (Lipinski definition) is 5. The lowest BCUT2D eigenvalue weighted by Gasteiger charge is -2.10. The smallest absolute Gasteiger partial charge is 0.245 e. The van der Waals surface area contributed by atoms with E-state index in [4.69, 9.17) is 0 Å². The Kier molecular flexibility index (Phi) is 5.15. The van der Waals surface area contributed by atoms with Crippen LogP contribution in [0.5, 0.6) is 0 Å². The molecule has 128 valence electrons. The van der Waals surface area contributed by atoms with Gasteiger partial charge in [-0.05, 0) is 11.6 Å². The molecule has 0 aliphatic carbocycles. The minimum atomic E-state index is -1.41. The van der Waals surface area contributed by atoms with E-state index >= 15 is 0 Å². The number of carbonyl (C=O) groups is 2. The molecule has 0 aliphatic rings. The first-order chi connectivity index (χ1) is 12.7. The molecule has 3 aromatic rings. The molecule has 2 N–H and O–H groups in total. The van der Waals surface area contributed by atoms with Crippen molar-refractivity contribution in [3.8, 4) is 17.5 Å². The Morgan fingerprint density at radius 2 is 1.96 bits per heavy atom. The molecule has 0 bridgehead atoms. The van der Waals surface area contributed by atoms with E-state index < -0.39 is 17.6 Å². The third kappa shape index (κ3) is 3.82. The van der Waals surface area contributed by atoms with Crippen molar-refractivity contribution in [2.45, 2.75) is 6.54 Å². The summed E-state index contributed by atoms with van der Waals surface area (Å²) in [5, 5.41) is 18.4. The normalized spacial score (nSPS) is 11.3. The molecule has 2 aromatic carbocycles. The fourth-order valence-corrected chi connectivity index (χ4v) is 2.45. The van der Waals surface area contributed by atoms with Gasteiger partial charge in [-0.1, -0.05) is 48.5 Å². The molecule has 26 heavy (non-hydrogen) atoms. The summed E-state index contributed by atoms with van der Waals surface area (Å²) in [6, 6.07) is 17.6. The molecule has 0 saturated heterocycles. The van der Waals surface area contributed by atoms with E-state index in [-0.39, 0.29) is 12.1 Å². The number of benzene rings is 2. The Bertz CT molecular complexity index is 946. The van der Waals surface area contributed by atoms with Gasteiger partial charge in [0.2, 0.25) is 5.91 Å². The van der Waals surface area contributed by atoms with Crippen molar-refractivity contribution in [1.82, 2.24) is 20.5 Å². The molecule has 0 aliphatic heterocycles. The predicted octanol–water partition coefficient (Wildman–Crippen LogP) is 2.11. The largest absolute Gasteiger partial charge is 0.350 e. The molecule has 0 saturated carbocycles. The summed E-state index contributed by atoms with van der Waals surface area (Å²) in [7, 11) is 0. The van der Waals surface area contributed by atoms with Gasteiger partial charge in [0.25, 0.3) is 0 Å². The van der Waals surface area contributed by atoms with E-state index in [2.05, 4.69) is 20.5 Å². The summed E-state index contributed by atoms with van der Waals surface area (Å²) in [5.41, 5.74) is 1.80. The second-order valence-electron chi connectivity index (χ2n) is 5.54.